The van der Waals surface area contributed by atoms with Crippen LogP contribution in [0.25, 0.3) is 0 Å². The van der Waals surface area contributed by atoms with Gasteiger partial charge in [-0.3, -0.25) is 4.79 Å². The number of hydrogen-bond donors (Lipinski definition) is 0. The molecule has 0 saturated heterocycles. The van der Waals surface area contributed by atoms with Crippen LogP contribution < -0.4 is 19.5 Å². The van der Waals surface area contributed by atoms with Gasteiger partial charge in [-0.25, -0.2) is 0 Å². The van der Waals surface area contributed by atoms with Crippen LogP contribution in [-0.2, 0) is 0 Å². The third-order valence-electron chi connectivity index (χ3n) is 5.19. The summed E-state index contributed by atoms with van der Waals surface area (Å²) in [7, 11) is -0.273. The van der Waals surface area contributed by atoms with E-state index in [0.29, 0.717) is 38.2 Å². The summed E-state index contributed by atoms with van der Waals surface area (Å²) in [5.74, 6) is 1.84. The van der Waals surface area contributed by atoms with Gasteiger partial charge < -0.3 is 14.2 Å². The molecule has 0 aliphatic heterocycles. The van der Waals surface area contributed by atoms with Crippen molar-refractivity contribution < 1.29 is 19.0 Å². The molecule has 4 unspecified atom stereocenters. The average Bonchev–Trinajstić information content (AvgIpc) is 2.75. The van der Waals surface area contributed by atoms with E-state index in [4.69, 9.17) is 37.4 Å². The maximum Gasteiger partial charge on any atom is 0.188 e. The minimum atomic E-state index is -0.273. The van der Waals surface area contributed by atoms with Gasteiger partial charge in [-0.1, -0.05) is 50.0 Å². The number of rotatable bonds is 12. The van der Waals surface area contributed by atoms with Gasteiger partial charge in [0.25, 0.3) is 0 Å². The van der Waals surface area contributed by atoms with E-state index in [2.05, 4.69) is 20.8 Å². The van der Waals surface area contributed by atoms with Crippen molar-refractivity contribution in [2.45, 2.75) is 79.1 Å². The second-order valence-corrected chi connectivity index (χ2v) is 9.87. The molecular weight excluding hydrogens is 473 g/mol. The molecule has 1 radical (unpaired) electrons. The molecule has 2 rings (SSSR count). The monoisotopic (exact) mass is 505 g/mol. The van der Waals surface area contributed by atoms with E-state index in [1.54, 1.807) is 18.2 Å². The van der Waals surface area contributed by atoms with E-state index < -0.39 is 0 Å². The van der Waals surface area contributed by atoms with Crippen LogP contribution in [0.2, 0.25) is 10.0 Å². The van der Waals surface area contributed by atoms with Crippen LogP contribution in [-0.4, -0.2) is 42.7 Å². The number of ether oxygens (including phenoxy) is 3. The van der Waals surface area contributed by atoms with Gasteiger partial charge in [0.05, 0.1) is 39.2 Å². The predicted octanol–water partition coefficient (Wildman–Crippen LogP) is 7.29. The van der Waals surface area contributed by atoms with Gasteiger partial charge in [0.2, 0.25) is 0 Å². The van der Waals surface area contributed by atoms with Crippen molar-refractivity contribution >= 4 is 61.5 Å². The molecule has 2 aromatic carbocycles. The van der Waals surface area contributed by atoms with Crippen molar-refractivity contribution in [3.63, 3.8) is 0 Å². The van der Waals surface area contributed by atoms with Crippen LogP contribution in [0.4, 0.5) is 0 Å². The zero-order valence-electron chi connectivity index (χ0n) is 20.6. The van der Waals surface area contributed by atoms with E-state index in [-0.39, 0.29) is 51.3 Å². The summed E-state index contributed by atoms with van der Waals surface area (Å²) in [5.41, 5.74) is 0.150. The van der Waals surface area contributed by atoms with E-state index in [9.17, 15) is 4.79 Å². The Bertz CT molecular complexity index is 872. The zero-order valence-corrected chi connectivity index (χ0v) is 23.1. The van der Waals surface area contributed by atoms with Crippen LogP contribution in [0.1, 0.15) is 71.2 Å². The van der Waals surface area contributed by atoms with Crippen LogP contribution in [0, 0.1) is 0 Å². The number of halogens is 2. The van der Waals surface area contributed by atoms with Crippen LogP contribution >= 0.6 is 31.8 Å². The number of carbonyl (C=O) groups excluding carboxylic acids is 1. The Morgan fingerprint density at radius 3 is 1.70 bits per heavy atom. The molecule has 0 spiro atoms. The van der Waals surface area contributed by atoms with Gasteiger partial charge in [0.1, 0.15) is 17.2 Å². The van der Waals surface area contributed by atoms with E-state index in [1.807, 2.05) is 32.9 Å². The summed E-state index contributed by atoms with van der Waals surface area (Å²) in [5, 5.41) is 1.36. The van der Waals surface area contributed by atoms with Crippen LogP contribution in [0.5, 0.6) is 17.2 Å². The minimum Gasteiger partial charge on any atom is -0.490 e. The summed E-state index contributed by atoms with van der Waals surface area (Å²) in [6.07, 6.45) is 2.49. The van der Waals surface area contributed by atoms with Gasteiger partial charge in [0, 0.05) is 31.0 Å². The SMILES string of the molecule is CCC(C)Oc1cc(OC(C)CC)c(PC(=O)c2c(Cl)cccc2Cl)c(OC(C)CC)c1.[Li]. The predicted molar refractivity (Wildman–Crippen MR) is 142 cm³/mol. The fourth-order valence-electron chi connectivity index (χ4n) is 2.75. The van der Waals surface area contributed by atoms with Gasteiger partial charge >= 0.3 is 0 Å². The number of carbonyl (C=O) groups is 1. The molecule has 0 bridgehead atoms. The molecular formula is C25H33Cl2LiO4P. The fourth-order valence-corrected chi connectivity index (χ4v) is 4.61. The number of hydrogen-bond acceptors (Lipinski definition) is 4. The fraction of sp³-hybridized carbons (Fsp3) is 0.480. The molecule has 0 amide bonds. The Kier molecular flexibility index (Phi) is 13.2. The van der Waals surface area contributed by atoms with Gasteiger partial charge in [-0.15, -0.1) is 0 Å². The third kappa shape index (κ3) is 8.68. The van der Waals surface area contributed by atoms with Crippen molar-refractivity contribution in [1.29, 1.82) is 0 Å². The van der Waals surface area contributed by atoms with E-state index in [1.165, 1.54) is 0 Å². The molecule has 0 aromatic heterocycles. The number of benzene rings is 2. The Balaban J connectivity index is 0.00000544. The second kappa shape index (κ2) is 14.5. The van der Waals surface area contributed by atoms with Crippen molar-refractivity contribution in [2.24, 2.45) is 0 Å². The molecule has 0 N–H and O–H groups in total. The standard InChI is InChI=1S/C25H33Cl2O4P.Li/c1-7-15(4)29-18-13-21(30-16(5)8-2)24(22(14-18)31-17(6)9-3)32-25(28)23-19(26)11-10-12-20(23)27;/h10-17,32H,7-9H2,1-6H3;. The first-order valence-corrected chi connectivity index (χ1v) is 12.9. The first-order chi connectivity index (χ1) is 15.2. The van der Waals surface area contributed by atoms with Crippen LogP contribution in [0.15, 0.2) is 30.3 Å². The molecule has 0 aliphatic rings. The van der Waals surface area contributed by atoms with Crippen molar-refractivity contribution in [2.75, 3.05) is 0 Å². The summed E-state index contributed by atoms with van der Waals surface area (Å²) >= 11 is 12.6. The minimum absolute atomic E-state index is 0. The van der Waals surface area contributed by atoms with Gasteiger partial charge in [-0.05, 0) is 60.7 Å². The largest absolute Gasteiger partial charge is 0.490 e. The van der Waals surface area contributed by atoms with Gasteiger partial charge in [-0.2, -0.15) is 0 Å². The molecule has 0 fully saturated rings. The molecule has 4 nitrogen and oxygen atoms in total. The normalized spacial score (nSPS) is 13.8. The maximum atomic E-state index is 13.3. The molecule has 33 heavy (non-hydrogen) atoms. The van der Waals surface area contributed by atoms with Crippen molar-refractivity contribution in [1.82, 2.24) is 0 Å². The van der Waals surface area contributed by atoms with Crippen LogP contribution in [0.3, 0.4) is 0 Å². The Hall–Kier alpha value is -0.883. The first kappa shape index (κ1) is 30.1. The second-order valence-electron chi connectivity index (χ2n) is 7.86. The topological polar surface area (TPSA) is 44.8 Å². The smallest absolute Gasteiger partial charge is 0.188 e. The van der Waals surface area contributed by atoms with E-state index >= 15 is 0 Å². The van der Waals surface area contributed by atoms with Crippen molar-refractivity contribution in [3.05, 3.63) is 45.9 Å². The molecule has 0 aliphatic carbocycles. The summed E-state index contributed by atoms with van der Waals surface area (Å²) in [6, 6.07) is 8.76. The Morgan fingerprint density at radius 2 is 1.27 bits per heavy atom. The summed E-state index contributed by atoms with van der Waals surface area (Å²) in [6.45, 7) is 12.2. The molecule has 2 aromatic rings. The molecule has 8 heteroatoms. The quantitative estimate of drug-likeness (QED) is 0.224. The van der Waals surface area contributed by atoms with Gasteiger partial charge in [0.15, 0.2) is 5.52 Å². The van der Waals surface area contributed by atoms with Crippen molar-refractivity contribution in [3.8, 4) is 17.2 Å². The molecule has 4 atom stereocenters. The summed E-state index contributed by atoms with van der Waals surface area (Å²) < 4.78 is 18.5. The van der Waals surface area contributed by atoms with E-state index in [0.717, 1.165) is 19.3 Å². The molecule has 0 saturated carbocycles. The molecule has 177 valence electrons. The Morgan fingerprint density at radius 1 is 0.848 bits per heavy atom. The summed E-state index contributed by atoms with van der Waals surface area (Å²) in [4.78, 5) is 13.3. The first-order valence-electron chi connectivity index (χ1n) is 11.1. The average molecular weight is 506 g/mol. The Labute approximate surface area is 222 Å². The third-order valence-corrected chi connectivity index (χ3v) is 7.04. The zero-order chi connectivity index (χ0) is 23.8. The molecule has 0 heterocycles. The maximum absolute atomic E-state index is 13.3.